The number of phenolic OH excluding ortho intramolecular Hbond substituents is 1. The summed E-state index contributed by atoms with van der Waals surface area (Å²) in [5.74, 6) is -1.19. The fourth-order valence-electron chi connectivity index (χ4n) is 2.82. The number of nitrogens with zero attached hydrogens (tertiary/aromatic N) is 1. The van der Waals surface area contributed by atoms with E-state index in [4.69, 9.17) is 16.3 Å². The third-order valence-electron chi connectivity index (χ3n) is 4.14. The summed E-state index contributed by atoms with van der Waals surface area (Å²) in [6.07, 6.45) is -4.71. The highest BCUT2D eigenvalue weighted by molar-refractivity contribution is 6.31. The highest BCUT2D eigenvalue weighted by Crippen LogP contribution is 2.40. The summed E-state index contributed by atoms with van der Waals surface area (Å²) in [6.45, 7) is 2.22. The topological polar surface area (TPSA) is 61.8 Å². The summed E-state index contributed by atoms with van der Waals surface area (Å²) in [6, 6.07) is 8.12. The Hall–Kier alpha value is -2.45. The number of hydrogen-bond donors (Lipinski definition) is 2. The van der Waals surface area contributed by atoms with Gasteiger partial charge in [0.15, 0.2) is 0 Å². The predicted octanol–water partition coefficient (Wildman–Crippen LogP) is 4.15. The van der Waals surface area contributed by atoms with Gasteiger partial charge in [-0.2, -0.15) is 13.2 Å². The second-order valence-corrected chi connectivity index (χ2v) is 6.32. The molecule has 0 spiro atoms. The summed E-state index contributed by atoms with van der Waals surface area (Å²) in [4.78, 5) is 14.6. The van der Waals surface area contributed by atoms with Crippen LogP contribution in [0.15, 0.2) is 36.4 Å². The number of benzene rings is 2. The number of carbonyl (C=O) groups is 1. The van der Waals surface area contributed by atoms with Crippen LogP contribution in [0.3, 0.4) is 0 Å². The first-order valence-electron chi connectivity index (χ1n) is 8.10. The van der Waals surface area contributed by atoms with Crippen LogP contribution < -0.4 is 10.2 Å². The number of amides is 1. The molecule has 0 saturated carbocycles. The first-order chi connectivity index (χ1) is 12.8. The molecule has 2 aromatic carbocycles. The van der Waals surface area contributed by atoms with Crippen LogP contribution in [0.4, 0.5) is 24.5 Å². The SMILES string of the molecule is O=C(Nc1cc(C(F)(F)F)c(Cl)cc1O)c1ccccc1N1CCOCC1. The Balaban J connectivity index is 1.90. The van der Waals surface area contributed by atoms with Crippen LogP contribution in [-0.4, -0.2) is 37.3 Å². The van der Waals surface area contributed by atoms with Crippen molar-refractivity contribution in [1.29, 1.82) is 0 Å². The Kier molecular flexibility index (Phi) is 5.48. The molecule has 1 aliphatic heterocycles. The Labute approximate surface area is 158 Å². The molecule has 0 radical (unpaired) electrons. The van der Waals surface area contributed by atoms with Gasteiger partial charge >= 0.3 is 6.18 Å². The lowest BCUT2D eigenvalue weighted by Crippen LogP contribution is -2.37. The number of carbonyl (C=O) groups excluding carboxylic acids is 1. The van der Waals surface area contributed by atoms with Crippen molar-refractivity contribution in [3.63, 3.8) is 0 Å². The van der Waals surface area contributed by atoms with Crippen LogP contribution >= 0.6 is 11.6 Å². The average molecular weight is 401 g/mol. The van der Waals surface area contributed by atoms with Crippen LogP contribution in [0.2, 0.25) is 5.02 Å². The maximum absolute atomic E-state index is 13.0. The summed E-state index contributed by atoms with van der Waals surface area (Å²) in [5, 5.41) is 11.6. The Bertz CT molecular complexity index is 852. The molecule has 0 aliphatic carbocycles. The molecule has 1 saturated heterocycles. The van der Waals surface area contributed by atoms with E-state index in [1.54, 1.807) is 24.3 Å². The first-order valence-corrected chi connectivity index (χ1v) is 8.48. The van der Waals surface area contributed by atoms with Gasteiger partial charge in [-0.05, 0) is 18.2 Å². The van der Waals surface area contributed by atoms with E-state index in [2.05, 4.69) is 5.32 Å². The van der Waals surface area contributed by atoms with E-state index in [9.17, 15) is 23.1 Å². The first kappa shape index (κ1) is 19.3. The van der Waals surface area contributed by atoms with E-state index < -0.39 is 28.4 Å². The number of anilines is 2. The number of ether oxygens (including phenoxy) is 1. The Morgan fingerprint density at radius 3 is 2.52 bits per heavy atom. The van der Waals surface area contributed by atoms with Gasteiger partial charge in [0, 0.05) is 24.8 Å². The number of halogens is 4. The van der Waals surface area contributed by atoms with Gasteiger partial charge in [-0.3, -0.25) is 4.79 Å². The Morgan fingerprint density at radius 2 is 1.85 bits per heavy atom. The van der Waals surface area contributed by atoms with Gasteiger partial charge in [0.25, 0.3) is 5.91 Å². The van der Waals surface area contributed by atoms with Gasteiger partial charge in [-0.25, -0.2) is 0 Å². The largest absolute Gasteiger partial charge is 0.506 e. The highest BCUT2D eigenvalue weighted by atomic mass is 35.5. The van der Waals surface area contributed by atoms with Crippen LogP contribution in [0.1, 0.15) is 15.9 Å². The van der Waals surface area contributed by atoms with E-state index >= 15 is 0 Å². The van der Waals surface area contributed by atoms with Gasteiger partial charge in [0.05, 0.1) is 35.1 Å². The van der Waals surface area contributed by atoms with E-state index in [-0.39, 0.29) is 11.3 Å². The average Bonchev–Trinajstić information content (AvgIpc) is 2.63. The van der Waals surface area contributed by atoms with Crippen molar-refractivity contribution in [1.82, 2.24) is 0 Å². The van der Waals surface area contributed by atoms with Gasteiger partial charge < -0.3 is 20.1 Å². The molecule has 1 fully saturated rings. The third-order valence-corrected chi connectivity index (χ3v) is 4.45. The summed E-state index contributed by atoms with van der Waals surface area (Å²) >= 11 is 5.56. The minimum Gasteiger partial charge on any atom is -0.506 e. The van der Waals surface area contributed by atoms with Crippen LogP contribution in [0.25, 0.3) is 0 Å². The fraction of sp³-hybridized carbons (Fsp3) is 0.278. The van der Waals surface area contributed by atoms with Crippen LogP contribution in [0.5, 0.6) is 5.75 Å². The molecule has 0 unspecified atom stereocenters. The zero-order valence-electron chi connectivity index (χ0n) is 14.0. The van der Waals surface area contributed by atoms with Crippen molar-refractivity contribution in [3.8, 4) is 5.75 Å². The molecule has 0 bridgehead atoms. The number of rotatable bonds is 3. The molecular weight excluding hydrogens is 385 g/mol. The fourth-order valence-corrected chi connectivity index (χ4v) is 3.08. The monoisotopic (exact) mass is 400 g/mol. The number of morpholine rings is 1. The third kappa shape index (κ3) is 4.28. The lowest BCUT2D eigenvalue weighted by Gasteiger charge is -2.30. The molecule has 0 aromatic heterocycles. The minimum atomic E-state index is -4.71. The lowest BCUT2D eigenvalue weighted by atomic mass is 10.1. The number of hydrogen-bond acceptors (Lipinski definition) is 4. The molecule has 1 heterocycles. The zero-order valence-corrected chi connectivity index (χ0v) is 14.8. The van der Waals surface area contributed by atoms with Crippen LogP contribution in [0, 0.1) is 0 Å². The van der Waals surface area contributed by atoms with Gasteiger partial charge in [-0.15, -0.1) is 0 Å². The normalized spacial score (nSPS) is 14.9. The number of alkyl halides is 3. The molecule has 9 heteroatoms. The maximum Gasteiger partial charge on any atom is 0.417 e. The number of nitrogens with one attached hydrogen (secondary N) is 1. The van der Waals surface area contributed by atoms with Crippen molar-refractivity contribution < 1.29 is 27.8 Å². The number of aromatic hydroxyl groups is 1. The van der Waals surface area contributed by atoms with Gasteiger partial charge in [0.2, 0.25) is 0 Å². The van der Waals surface area contributed by atoms with Crippen molar-refractivity contribution >= 4 is 28.9 Å². The van der Waals surface area contributed by atoms with E-state index in [1.807, 2.05) is 4.90 Å². The molecule has 2 N–H and O–H groups in total. The lowest BCUT2D eigenvalue weighted by molar-refractivity contribution is -0.137. The van der Waals surface area contributed by atoms with Crippen LogP contribution in [-0.2, 0) is 10.9 Å². The molecule has 27 heavy (non-hydrogen) atoms. The zero-order chi connectivity index (χ0) is 19.6. The summed E-state index contributed by atoms with van der Waals surface area (Å²) < 4.78 is 44.4. The number of phenols is 1. The molecule has 0 atom stereocenters. The predicted molar refractivity (Wildman–Crippen MR) is 95.5 cm³/mol. The Morgan fingerprint density at radius 1 is 1.19 bits per heavy atom. The molecule has 5 nitrogen and oxygen atoms in total. The molecule has 2 aromatic rings. The molecule has 1 aliphatic rings. The smallest absolute Gasteiger partial charge is 0.417 e. The van der Waals surface area contributed by atoms with E-state index in [0.717, 1.165) is 6.07 Å². The van der Waals surface area contributed by atoms with E-state index in [1.165, 1.54) is 0 Å². The second kappa shape index (κ2) is 7.66. The van der Waals surface area contributed by atoms with Crippen molar-refractivity contribution in [2.24, 2.45) is 0 Å². The van der Waals surface area contributed by atoms with Gasteiger partial charge in [-0.1, -0.05) is 23.7 Å². The van der Waals surface area contributed by atoms with Crippen molar-refractivity contribution in [3.05, 3.63) is 52.5 Å². The van der Waals surface area contributed by atoms with E-state index in [0.29, 0.717) is 38.1 Å². The standard InChI is InChI=1S/C18H16ClF3N2O3/c19-13-10-16(25)14(9-12(13)18(20,21)22)23-17(26)11-3-1-2-4-15(11)24-5-7-27-8-6-24/h1-4,9-10,25H,5-8H2,(H,23,26). The molecular formula is C18H16ClF3N2O3. The highest BCUT2D eigenvalue weighted by Gasteiger charge is 2.34. The molecule has 144 valence electrons. The summed E-state index contributed by atoms with van der Waals surface area (Å²) in [7, 11) is 0. The second-order valence-electron chi connectivity index (χ2n) is 5.92. The maximum atomic E-state index is 13.0. The molecule has 1 amide bonds. The molecule has 3 rings (SSSR count). The van der Waals surface area contributed by atoms with Crippen molar-refractivity contribution in [2.75, 3.05) is 36.5 Å². The number of para-hydroxylation sites is 1. The van der Waals surface area contributed by atoms with Gasteiger partial charge in [0.1, 0.15) is 5.75 Å². The summed E-state index contributed by atoms with van der Waals surface area (Å²) in [5.41, 5.74) is -0.586. The van der Waals surface area contributed by atoms with Crippen molar-refractivity contribution in [2.45, 2.75) is 6.18 Å². The quantitative estimate of drug-likeness (QED) is 0.760. The minimum absolute atomic E-state index is 0.280.